The van der Waals surface area contributed by atoms with Crippen molar-refractivity contribution in [2.75, 3.05) is 13.1 Å². The summed E-state index contributed by atoms with van der Waals surface area (Å²) in [6.45, 7) is 4.36. The Bertz CT molecular complexity index is 62.9. The molecular weight excluding hydrogens is 100 g/mol. The molecule has 1 rings (SSSR count). The van der Waals surface area contributed by atoms with Crippen LogP contribution in [-0.4, -0.2) is 19.1 Å². The van der Waals surface area contributed by atoms with Crippen LogP contribution in [0.3, 0.4) is 0 Å². The minimum Gasteiger partial charge on any atom is -0.326 e. The van der Waals surface area contributed by atoms with Crippen molar-refractivity contribution in [3.8, 4) is 0 Å². The van der Waals surface area contributed by atoms with Crippen LogP contribution in [0.25, 0.3) is 0 Å². The zero-order valence-electron chi connectivity index (χ0n) is 5.35. The summed E-state index contributed by atoms with van der Waals surface area (Å²) >= 11 is 0. The minimum atomic E-state index is 0.392. The van der Waals surface area contributed by atoms with Crippen molar-refractivity contribution < 1.29 is 0 Å². The predicted octanol–water partition coefficient (Wildman–Crippen LogP) is -0.0569. The summed E-state index contributed by atoms with van der Waals surface area (Å²) in [5, 5.41) is 3.24. The lowest BCUT2D eigenvalue weighted by atomic mass is 9.96. The smallest absolute Gasteiger partial charge is 0.0191 e. The van der Waals surface area contributed by atoms with Crippen LogP contribution >= 0.6 is 0 Å². The van der Waals surface area contributed by atoms with E-state index >= 15 is 0 Å². The third-order valence-corrected chi connectivity index (χ3v) is 1.89. The molecule has 2 atom stereocenters. The Morgan fingerprint density at radius 2 is 2.38 bits per heavy atom. The molecule has 1 aliphatic heterocycles. The summed E-state index contributed by atoms with van der Waals surface area (Å²) in [6, 6.07) is 0.392. The SMILES string of the molecule is C[C@H]1CCNC[C@@H]1N. The highest BCUT2D eigenvalue weighted by molar-refractivity contribution is 4.76. The Morgan fingerprint density at radius 1 is 1.62 bits per heavy atom. The second-order valence-electron chi connectivity index (χ2n) is 2.63. The van der Waals surface area contributed by atoms with Crippen LogP contribution in [0.1, 0.15) is 13.3 Å². The van der Waals surface area contributed by atoms with Crippen molar-refractivity contribution in [1.29, 1.82) is 0 Å². The molecule has 0 aromatic heterocycles. The number of nitrogens with one attached hydrogen (secondary N) is 1. The first-order valence-corrected chi connectivity index (χ1v) is 3.27. The molecule has 1 heterocycles. The monoisotopic (exact) mass is 114 g/mol. The van der Waals surface area contributed by atoms with E-state index in [2.05, 4.69) is 12.2 Å². The van der Waals surface area contributed by atoms with Crippen LogP contribution < -0.4 is 11.1 Å². The third kappa shape index (κ3) is 1.20. The van der Waals surface area contributed by atoms with Gasteiger partial charge in [0, 0.05) is 12.6 Å². The molecule has 8 heavy (non-hydrogen) atoms. The second kappa shape index (κ2) is 2.46. The molecule has 0 bridgehead atoms. The number of hydrogen-bond acceptors (Lipinski definition) is 2. The lowest BCUT2D eigenvalue weighted by Gasteiger charge is -2.25. The lowest BCUT2D eigenvalue weighted by molar-refractivity contribution is 0.348. The van der Waals surface area contributed by atoms with E-state index < -0.39 is 0 Å². The highest BCUT2D eigenvalue weighted by atomic mass is 14.9. The predicted molar refractivity (Wildman–Crippen MR) is 34.6 cm³/mol. The molecule has 1 fully saturated rings. The fourth-order valence-corrected chi connectivity index (χ4v) is 1.01. The van der Waals surface area contributed by atoms with Gasteiger partial charge in [0.2, 0.25) is 0 Å². The number of piperidine rings is 1. The molecule has 2 heteroatoms. The van der Waals surface area contributed by atoms with Crippen LogP contribution in [0.4, 0.5) is 0 Å². The van der Waals surface area contributed by atoms with Crippen LogP contribution in [0.5, 0.6) is 0 Å². The summed E-state index contributed by atoms with van der Waals surface area (Å²) in [5.41, 5.74) is 5.72. The molecule has 0 radical (unpaired) electrons. The molecule has 2 nitrogen and oxygen atoms in total. The Labute approximate surface area is 50.4 Å². The van der Waals surface area contributed by atoms with Gasteiger partial charge in [-0.15, -0.1) is 0 Å². The average Bonchev–Trinajstić information content (AvgIpc) is 1.77. The second-order valence-corrected chi connectivity index (χ2v) is 2.63. The summed E-state index contributed by atoms with van der Waals surface area (Å²) in [5.74, 6) is 0.719. The molecule has 0 amide bonds. The molecule has 0 spiro atoms. The van der Waals surface area contributed by atoms with Gasteiger partial charge in [0.1, 0.15) is 0 Å². The maximum Gasteiger partial charge on any atom is 0.0191 e. The lowest BCUT2D eigenvalue weighted by Crippen LogP contribution is -2.44. The average molecular weight is 114 g/mol. The highest BCUT2D eigenvalue weighted by Gasteiger charge is 2.15. The third-order valence-electron chi connectivity index (χ3n) is 1.89. The number of hydrogen-bond donors (Lipinski definition) is 2. The van der Waals surface area contributed by atoms with E-state index in [1.165, 1.54) is 6.42 Å². The van der Waals surface area contributed by atoms with Crippen molar-refractivity contribution >= 4 is 0 Å². The summed E-state index contributed by atoms with van der Waals surface area (Å²) in [4.78, 5) is 0. The van der Waals surface area contributed by atoms with Gasteiger partial charge in [-0.1, -0.05) is 6.92 Å². The molecular formula is C6H14N2. The van der Waals surface area contributed by atoms with E-state index in [1.54, 1.807) is 0 Å². The molecule has 0 unspecified atom stereocenters. The number of nitrogens with two attached hydrogens (primary N) is 1. The number of rotatable bonds is 0. The van der Waals surface area contributed by atoms with Gasteiger partial charge in [0.15, 0.2) is 0 Å². The molecule has 1 aliphatic rings. The van der Waals surface area contributed by atoms with Gasteiger partial charge < -0.3 is 11.1 Å². The van der Waals surface area contributed by atoms with Gasteiger partial charge in [-0.05, 0) is 18.9 Å². The summed E-state index contributed by atoms with van der Waals surface area (Å²) in [6.07, 6.45) is 1.24. The van der Waals surface area contributed by atoms with Gasteiger partial charge in [-0.2, -0.15) is 0 Å². The fourth-order valence-electron chi connectivity index (χ4n) is 1.01. The Kier molecular flexibility index (Phi) is 1.86. The Hall–Kier alpha value is -0.0800. The topological polar surface area (TPSA) is 38.0 Å². The van der Waals surface area contributed by atoms with E-state index in [0.29, 0.717) is 6.04 Å². The van der Waals surface area contributed by atoms with E-state index in [1.807, 2.05) is 0 Å². The largest absolute Gasteiger partial charge is 0.326 e. The van der Waals surface area contributed by atoms with Crippen molar-refractivity contribution in [3.63, 3.8) is 0 Å². The first-order chi connectivity index (χ1) is 3.80. The van der Waals surface area contributed by atoms with Crippen molar-refractivity contribution in [1.82, 2.24) is 5.32 Å². The molecule has 0 aromatic carbocycles. The Balaban J connectivity index is 2.28. The first-order valence-electron chi connectivity index (χ1n) is 3.27. The van der Waals surface area contributed by atoms with E-state index in [4.69, 9.17) is 5.73 Å². The standard InChI is InChI=1S/C6H14N2/c1-5-2-3-8-4-6(5)7/h5-6,8H,2-4,7H2,1H3/t5-,6-/m0/s1. The van der Waals surface area contributed by atoms with Crippen LogP contribution in [0.15, 0.2) is 0 Å². The fraction of sp³-hybridized carbons (Fsp3) is 1.00. The maximum absolute atomic E-state index is 5.72. The van der Waals surface area contributed by atoms with Gasteiger partial charge in [0.05, 0.1) is 0 Å². The Morgan fingerprint density at radius 3 is 2.75 bits per heavy atom. The molecule has 1 saturated heterocycles. The van der Waals surface area contributed by atoms with Gasteiger partial charge >= 0.3 is 0 Å². The molecule has 3 N–H and O–H groups in total. The van der Waals surface area contributed by atoms with Crippen LogP contribution in [0, 0.1) is 5.92 Å². The van der Waals surface area contributed by atoms with Crippen molar-refractivity contribution in [2.45, 2.75) is 19.4 Å². The normalized spacial score (nSPS) is 39.8. The van der Waals surface area contributed by atoms with E-state index in [-0.39, 0.29) is 0 Å². The van der Waals surface area contributed by atoms with E-state index in [0.717, 1.165) is 19.0 Å². The van der Waals surface area contributed by atoms with Gasteiger partial charge in [-0.3, -0.25) is 0 Å². The molecule has 0 saturated carbocycles. The zero-order chi connectivity index (χ0) is 5.98. The summed E-state index contributed by atoms with van der Waals surface area (Å²) < 4.78 is 0. The van der Waals surface area contributed by atoms with E-state index in [9.17, 15) is 0 Å². The van der Waals surface area contributed by atoms with Crippen LogP contribution in [-0.2, 0) is 0 Å². The first kappa shape index (κ1) is 6.05. The zero-order valence-corrected chi connectivity index (χ0v) is 5.35. The van der Waals surface area contributed by atoms with Crippen molar-refractivity contribution in [3.05, 3.63) is 0 Å². The minimum absolute atomic E-state index is 0.392. The van der Waals surface area contributed by atoms with Gasteiger partial charge in [0.25, 0.3) is 0 Å². The molecule has 0 aliphatic carbocycles. The van der Waals surface area contributed by atoms with Crippen molar-refractivity contribution in [2.24, 2.45) is 11.7 Å². The molecule has 0 aromatic rings. The highest BCUT2D eigenvalue weighted by Crippen LogP contribution is 2.07. The molecule has 48 valence electrons. The van der Waals surface area contributed by atoms with Crippen LogP contribution in [0.2, 0.25) is 0 Å². The maximum atomic E-state index is 5.72. The quantitative estimate of drug-likeness (QED) is 0.463. The summed E-state index contributed by atoms with van der Waals surface area (Å²) in [7, 11) is 0. The van der Waals surface area contributed by atoms with Gasteiger partial charge in [-0.25, -0.2) is 0 Å².